The van der Waals surface area contributed by atoms with Crippen LogP contribution in [-0.2, 0) is 0 Å². The van der Waals surface area contributed by atoms with E-state index in [2.05, 4.69) is 157 Å². The summed E-state index contributed by atoms with van der Waals surface area (Å²) in [4.78, 5) is 2.45. The van der Waals surface area contributed by atoms with Gasteiger partial charge in [-0.2, -0.15) is 0 Å². The fraction of sp³-hybridized carbons (Fsp3) is 0. The van der Waals surface area contributed by atoms with Crippen molar-refractivity contribution in [2.24, 2.45) is 0 Å². The maximum absolute atomic E-state index is 7.01. The Kier molecular flexibility index (Phi) is 5.65. The first-order chi connectivity index (χ1) is 22.8. The fourth-order valence-electron chi connectivity index (χ4n) is 7.07. The van der Waals surface area contributed by atoms with Crippen molar-refractivity contribution in [2.75, 3.05) is 4.90 Å². The molecule has 3 heterocycles. The molecule has 0 radical (unpaired) electrons. The van der Waals surface area contributed by atoms with Gasteiger partial charge in [0.25, 0.3) is 0 Å². The van der Waals surface area contributed by atoms with Gasteiger partial charge in [-0.25, -0.2) is 0 Å². The van der Waals surface area contributed by atoms with Crippen LogP contribution in [0.4, 0.5) is 17.1 Å². The maximum atomic E-state index is 7.01. The number of hydrogen-bond acceptors (Lipinski definition) is 4. The predicted molar refractivity (Wildman–Crippen MR) is 200 cm³/mol. The molecule has 10 aromatic rings. The van der Waals surface area contributed by atoms with Gasteiger partial charge in [-0.05, 0) is 42.0 Å². The lowest BCUT2D eigenvalue weighted by molar-refractivity contribution is 0.670. The Balaban J connectivity index is 1.34. The molecule has 0 saturated carbocycles. The van der Waals surface area contributed by atoms with Crippen LogP contribution in [-0.4, -0.2) is 0 Å². The first-order valence-corrected chi connectivity index (χ1v) is 17.1. The molecule has 0 N–H and O–H groups in total. The van der Waals surface area contributed by atoms with Gasteiger partial charge < -0.3 is 9.32 Å². The summed E-state index contributed by atoms with van der Waals surface area (Å²) in [6, 6.07) is 54.5. The Morgan fingerprint density at radius 1 is 0.391 bits per heavy atom. The molecule has 3 aromatic heterocycles. The summed E-state index contributed by atoms with van der Waals surface area (Å²) in [7, 11) is 0. The molecule has 2 nitrogen and oxygen atoms in total. The zero-order valence-electron chi connectivity index (χ0n) is 24.6. The molecule has 0 saturated heterocycles. The van der Waals surface area contributed by atoms with Crippen LogP contribution in [0.25, 0.3) is 73.4 Å². The monoisotopic (exact) mass is 623 g/mol. The molecule has 0 aliphatic carbocycles. The van der Waals surface area contributed by atoms with Gasteiger partial charge in [-0.3, -0.25) is 0 Å². The van der Waals surface area contributed by atoms with Gasteiger partial charge in [0, 0.05) is 52.0 Å². The van der Waals surface area contributed by atoms with Crippen LogP contribution in [0.15, 0.2) is 156 Å². The van der Waals surface area contributed by atoms with Crippen molar-refractivity contribution in [3.05, 3.63) is 152 Å². The number of para-hydroxylation sites is 2. The van der Waals surface area contributed by atoms with Gasteiger partial charge in [0.2, 0.25) is 0 Å². The van der Waals surface area contributed by atoms with Crippen LogP contribution in [0.5, 0.6) is 0 Å². The highest BCUT2D eigenvalue weighted by molar-refractivity contribution is 7.26. The van der Waals surface area contributed by atoms with Crippen molar-refractivity contribution in [3.63, 3.8) is 0 Å². The number of fused-ring (bicyclic) bond motifs is 9. The molecule has 7 aromatic carbocycles. The molecule has 0 aliphatic heterocycles. The first-order valence-electron chi connectivity index (χ1n) is 15.4. The van der Waals surface area contributed by atoms with Crippen molar-refractivity contribution < 1.29 is 4.42 Å². The molecule has 4 heteroatoms. The third-order valence-electron chi connectivity index (χ3n) is 9.08. The molecule has 0 unspecified atom stereocenters. The van der Waals surface area contributed by atoms with E-state index in [9.17, 15) is 0 Å². The second kappa shape index (κ2) is 10.0. The third kappa shape index (κ3) is 3.75. The Morgan fingerprint density at radius 2 is 0.978 bits per heavy atom. The molecule has 0 amide bonds. The average Bonchev–Trinajstić information content (AvgIpc) is 3.81. The summed E-state index contributed by atoms with van der Waals surface area (Å²) < 4.78 is 12.1. The van der Waals surface area contributed by atoms with E-state index in [0.29, 0.717) is 0 Å². The molecule has 46 heavy (non-hydrogen) atoms. The molecular weight excluding hydrogens is 599 g/mol. The lowest BCUT2D eigenvalue weighted by Crippen LogP contribution is -2.10. The van der Waals surface area contributed by atoms with E-state index in [1.807, 2.05) is 22.7 Å². The number of thiophene rings is 2. The number of benzene rings is 7. The zero-order valence-corrected chi connectivity index (χ0v) is 26.2. The van der Waals surface area contributed by atoms with Gasteiger partial charge >= 0.3 is 0 Å². The number of rotatable bonds is 4. The minimum atomic E-state index is 0.885. The molecule has 216 valence electrons. The van der Waals surface area contributed by atoms with Crippen molar-refractivity contribution in [2.45, 2.75) is 0 Å². The summed E-state index contributed by atoms with van der Waals surface area (Å²) in [5, 5.41) is 7.33. The largest absolute Gasteiger partial charge is 0.453 e. The van der Waals surface area contributed by atoms with Crippen LogP contribution in [0, 0.1) is 0 Å². The Bertz CT molecular complexity index is 2770. The minimum absolute atomic E-state index is 0.885. The van der Waals surface area contributed by atoms with Crippen LogP contribution in [0.1, 0.15) is 0 Å². The van der Waals surface area contributed by atoms with Crippen LogP contribution in [0.3, 0.4) is 0 Å². The van der Waals surface area contributed by atoms with E-state index in [0.717, 1.165) is 50.1 Å². The topological polar surface area (TPSA) is 16.4 Å². The van der Waals surface area contributed by atoms with E-state index in [-0.39, 0.29) is 0 Å². The number of nitrogens with zero attached hydrogens (tertiary/aromatic N) is 1. The van der Waals surface area contributed by atoms with E-state index in [1.165, 1.54) is 40.3 Å². The number of furan rings is 1. The quantitative estimate of drug-likeness (QED) is 0.194. The smallest absolute Gasteiger partial charge is 0.159 e. The van der Waals surface area contributed by atoms with Crippen molar-refractivity contribution in [3.8, 4) is 11.1 Å². The van der Waals surface area contributed by atoms with Gasteiger partial charge in [0.05, 0.1) is 21.8 Å². The van der Waals surface area contributed by atoms with Crippen LogP contribution in [0.2, 0.25) is 0 Å². The van der Waals surface area contributed by atoms with Crippen LogP contribution < -0.4 is 4.90 Å². The SMILES string of the molecule is c1ccc(-c2cccc3c2oc2c(N(c4cccc5c4sc4ccccc45)c4cccc5sc6ccccc6c45)cccc23)cc1. The van der Waals surface area contributed by atoms with E-state index in [4.69, 9.17) is 4.42 Å². The molecule has 0 spiro atoms. The van der Waals surface area contributed by atoms with Crippen molar-refractivity contribution in [1.82, 2.24) is 0 Å². The molecular formula is C42H25NOS2. The third-order valence-corrected chi connectivity index (χ3v) is 11.4. The van der Waals surface area contributed by atoms with Gasteiger partial charge in [0.1, 0.15) is 5.58 Å². The van der Waals surface area contributed by atoms with Crippen molar-refractivity contribution >= 4 is 102 Å². The fourth-order valence-corrected chi connectivity index (χ4v) is 9.40. The highest BCUT2D eigenvalue weighted by Gasteiger charge is 2.25. The molecule has 10 rings (SSSR count). The van der Waals surface area contributed by atoms with E-state index in [1.54, 1.807) is 0 Å². The van der Waals surface area contributed by atoms with Crippen molar-refractivity contribution in [1.29, 1.82) is 0 Å². The summed E-state index contributed by atoms with van der Waals surface area (Å²) >= 11 is 3.71. The highest BCUT2D eigenvalue weighted by Crippen LogP contribution is 2.51. The van der Waals surface area contributed by atoms with Gasteiger partial charge in [-0.15, -0.1) is 22.7 Å². The first kappa shape index (κ1) is 25.9. The Hall–Kier alpha value is -5.42. The van der Waals surface area contributed by atoms with E-state index >= 15 is 0 Å². The predicted octanol–water partition coefficient (Wildman–Crippen LogP) is 13.5. The zero-order chi connectivity index (χ0) is 30.2. The van der Waals surface area contributed by atoms with Gasteiger partial charge in [0.15, 0.2) is 5.58 Å². The molecule has 0 atom stereocenters. The normalized spacial score (nSPS) is 11.9. The van der Waals surface area contributed by atoms with Crippen LogP contribution >= 0.6 is 22.7 Å². The molecule has 0 fully saturated rings. The average molecular weight is 624 g/mol. The second-order valence-electron chi connectivity index (χ2n) is 11.6. The lowest BCUT2D eigenvalue weighted by atomic mass is 10.0. The maximum Gasteiger partial charge on any atom is 0.159 e. The second-order valence-corrected chi connectivity index (χ2v) is 13.8. The summed E-state index contributed by atoms with van der Waals surface area (Å²) in [6.07, 6.45) is 0. The highest BCUT2D eigenvalue weighted by atomic mass is 32.1. The standard InChI is InChI=1S/C42H25NOS2/c1-2-12-26(13-3-1)27-16-8-17-29-30-18-9-21-34(41(30)44-40(27)29)43(33-20-11-25-38-39(33)32-15-5-7-24-37(32)45-38)35-22-10-19-31-28-14-4-6-23-36(28)46-42(31)35/h1-25H. The number of hydrogen-bond donors (Lipinski definition) is 0. The van der Waals surface area contributed by atoms with E-state index < -0.39 is 0 Å². The number of anilines is 3. The summed E-state index contributed by atoms with van der Waals surface area (Å²) in [5.41, 5.74) is 7.37. The molecule has 0 aliphatic rings. The lowest BCUT2D eigenvalue weighted by Gasteiger charge is -2.27. The van der Waals surface area contributed by atoms with Gasteiger partial charge in [-0.1, -0.05) is 115 Å². The summed E-state index contributed by atoms with van der Waals surface area (Å²) in [6.45, 7) is 0. The Morgan fingerprint density at radius 3 is 1.83 bits per heavy atom. The Labute approximate surface area is 273 Å². The minimum Gasteiger partial charge on any atom is -0.453 e. The summed E-state index contributed by atoms with van der Waals surface area (Å²) in [5.74, 6) is 0. The molecule has 0 bridgehead atoms.